The molecular weight excluding hydrogens is 277 g/mol. The molecular formula is C12H17Cl2NO3. The quantitative estimate of drug-likeness (QED) is 0.709. The van der Waals surface area contributed by atoms with Gasteiger partial charge in [-0.05, 0) is 17.7 Å². The summed E-state index contributed by atoms with van der Waals surface area (Å²) in [5.41, 5.74) is 0.658. The van der Waals surface area contributed by atoms with Gasteiger partial charge < -0.3 is 15.3 Å². The van der Waals surface area contributed by atoms with E-state index in [1.165, 1.54) is 0 Å². The van der Waals surface area contributed by atoms with Gasteiger partial charge in [-0.3, -0.25) is 4.90 Å². The lowest BCUT2D eigenvalue weighted by Crippen LogP contribution is -2.33. The third-order valence-corrected chi connectivity index (χ3v) is 3.33. The molecule has 0 bridgehead atoms. The largest absolute Gasteiger partial charge is 0.395 e. The predicted molar refractivity (Wildman–Crippen MR) is 72.0 cm³/mol. The van der Waals surface area contributed by atoms with Gasteiger partial charge in [-0.25, -0.2) is 0 Å². The van der Waals surface area contributed by atoms with Crippen molar-refractivity contribution >= 4 is 23.2 Å². The Bertz CT molecular complexity index is 370. The van der Waals surface area contributed by atoms with Crippen LogP contribution in [-0.4, -0.2) is 53.1 Å². The summed E-state index contributed by atoms with van der Waals surface area (Å²) >= 11 is 11.7. The summed E-state index contributed by atoms with van der Waals surface area (Å²) in [4.78, 5) is 1.77. The highest BCUT2D eigenvalue weighted by atomic mass is 35.5. The zero-order valence-corrected chi connectivity index (χ0v) is 11.4. The fourth-order valence-corrected chi connectivity index (χ4v) is 1.95. The molecule has 4 nitrogen and oxygen atoms in total. The van der Waals surface area contributed by atoms with E-state index in [2.05, 4.69) is 0 Å². The molecule has 1 unspecified atom stereocenters. The van der Waals surface area contributed by atoms with Crippen LogP contribution in [0.4, 0.5) is 0 Å². The molecule has 1 atom stereocenters. The van der Waals surface area contributed by atoms with Gasteiger partial charge in [0.15, 0.2) is 0 Å². The third kappa shape index (κ3) is 4.72. The van der Waals surface area contributed by atoms with E-state index < -0.39 is 6.10 Å². The Morgan fingerprint density at radius 1 is 1.06 bits per heavy atom. The Hall–Kier alpha value is -0.360. The highest BCUT2D eigenvalue weighted by Gasteiger charge is 2.14. The van der Waals surface area contributed by atoms with Gasteiger partial charge in [0.05, 0.1) is 29.4 Å². The Labute approximate surface area is 116 Å². The molecule has 0 saturated carbocycles. The van der Waals surface area contributed by atoms with Crippen LogP contribution in [0.25, 0.3) is 0 Å². The SMILES string of the molecule is OCCN(CCO)CC(O)c1ccc(Cl)c(Cl)c1. The smallest absolute Gasteiger partial charge is 0.0917 e. The molecule has 3 N–H and O–H groups in total. The van der Waals surface area contributed by atoms with Crippen molar-refractivity contribution < 1.29 is 15.3 Å². The van der Waals surface area contributed by atoms with Gasteiger partial charge in [-0.15, -0.1) is 0 Å². The lowest BCUT2D eigenvalue weighted by atomic mass is 10.1. The lowest BCUT2D eigenvalue weighted by molar-refractivity contribution is 0.0874. The van der Waals surface area contributed by atoms with Gasteiger partial charge in [-0.1, -0.05) is 29.3 Å². The van der Waals surface area contributed by atoms with Gasteiger partial charge in [0, 0.05) is 19.6 Å². The van der Waals surface area contributed by atoms with Gasteiger partial charge in [-0.2, -0.15) is 0 Å². The molecule has 0 amide bonds. The van der Waals surface area contributed by atoms with E-state index in [-0.39, 0.29) is 13.2 Å². The Kier molecular flexibility index (Phi) is 6.92. The highest BCUT2D eigenvalue weighted by molar-refractivity contribution is 6.42. The van der Waals surface area contributed by atoms with Gasteiger partial charge in [0.2, 0.25) is 0 Å². The van der Waals surface area contributed by atoms with Crippen LogP contribution < -0.4 is 0 Å². The molecule has 1 rings (SSSR count). The second kappa shape index (κ2) is 7.94. The Balaban J connectivity index is 2.67. The second-order valence-electron chi connectivity index (χ2n) is 3.94. The molecule has 0 aliphatic carbocycles. The Morgan fingerprint density at radius 3 is 2.17 bits per heavy atom. The average Bonchev–Trinajstić information content (AvgIpc) is 2.33. The van der Waals surface area contributed by atoms with Crippen molar-refractivity contribution in [1.29, 1.82) is 0 Å². The summed E-state index contributed by atoms with van der Waals surface area (Å²) in [5, 5.41) is 28.7. The van der Waals surface area contributed by atoms with Crippen LogP contribution in [0.15, 0.2) is 18.2 Å². The fraction of sp³-hybridized carbons (Fsp3) is 0.500. The molecule has 0 aromatic heterocycles. The molecule has 0 aliphatic rings. The van der Waals surface area contributed by atoms with Crippen molar-refractivity contribution in [2.24, 2.45) is 0 Å². The first-order chi connectivity index (χ1) is 8.58. The Morgan fingerprint density at radius 2 is 1.67 bits per heavy atom. The second-order valence-corrected chi connectivity index (χ2v) is 4.75. The van der Waals surface area contributed by atoms with Crippen LogP contribution in [0.1, 0.15) is 11.7 Å². The zero-order chi connectivity index (χ0) is 13.5. The first kappa shape index (κ1) is 15.7. The average molecular weight is 294 g/mol. The zero-order valence-electron chi connectivity index (χ0n) is 9.89. The fourth-order valence-electron chi connectivity index (χ4n) is 1.65. The van der Waals surface area contributed by atoms with E-state index in [0.29, 0.717) is 35.2 Å². The lowest BCUT2D eigenvalue weighted by Gasteiger charge is -2.23. The van der Waals surface area contributed by atoms with Crippen molar-refractivity contribution in [3.05, 3.63) is 33.8 Å². The third-order valence-electron chi connectivity index (χ3n) is 2.59. The monoisotopic (exact) mass is 293 g/mol. The summed E-state index contributed by atoms with van der Waals surface area (Å²) in [7, 11) is 0. The first-order valence-corrected chi connectivity index (χ1v) is 6.41. The number of benzene rings is 1. The molecule has 0 radical (unpaired) electrons. The summed E-state index contributed by atoms with van der Waals surface area (Å²) in [6, 6.07) is 4.95. The first-order valence-electron chi connectivity index (χ1n) is 5.65. The number of aliphatic hydroxyl groups excluding tert-OH is 3. The number of rotatable bonds is 7. The molecule has 6 heteroatoms. The van der Waals surface area contributed by atoms with E-state index in [1.807, 2.05) is 0 Å². The minimum Gasteiger partial charge on any atom is -0.395 e. The molecule has 102 valence electrons. The maximum absolute atomic E-state index is 10.1. The van der Waals surface area contributed by atoms with E-state index in [9.17, 15) is 5.11 Å². The van der Waals surface area contributed by atoms with E-state index >= 15 is 0 Å². The van der Waals surface area contributed by atoms with Crippen LogP contribution in [0, 0.1) is 0 Å². The molecule has 0 saturated heterocycles. The molecule has 0 heterocycles. The molecule has 18 heavy (non-hydrogen) atoms. The predicted octanol–water partition coefficient (Wildman–Crippen LogP) is 1.31. The van der Waals surface area contributed by atoms with Crippen molar-refractivity contribution in [2.45, 2.75) is 6.10 Å². The number of halogens is 2. The maximum atomic E-state index is 10.1. The van der Waals surface area contributed by atoms with Crippen LogP contribution in [0.2, 0.25) is 10.0 Å². The summed E-state index contributed by atoms with van der Waals surface area (Å²) in [6.45, 7) is 1.08. The standard InChI is InChI=1S/C12H17Cl2NO3/c13-10-2-1-9(7-11(10)14)12(18)8-15(3-5-16)4-6-17/h1-2,7,12,16-18H,3-6,8H2. The number of aliphatic hydroxyl groups is 3. The van der Waals surface area contributed by atoms with Gasteiger partial charge >= 0.3 is 0 Å². The van der Waals surface area contributed by atoms with Crippen LogP contribution in [0.5, 0.6) is 0 Å². The topological polar surface area (TPSA) is 63.9 Å². The van der Waals surface area contributed by atoms with Crippen molar-refractivity contribution in [2.75, 3.05) is 32.8 Å². The number of hydrogen-bond donors (Lipinski definition) is 3. The maximum Gasteiger partial charge on any atom is 0.0917 e. The van der Waals surface area contributed by atoms with Crippen LogP contribution in [0.3, 0.4) is 0 Å². The van der Waals surface area contributed by atoms with Crippen molar-refractivity contribution in [3.63, 3.8) is 0 Å². The molecule has 0 spiro atoms. The number of nitrogens with zero attached hydrogens (tertiary/aromatic N) is 1. The molecule has 1 aromatic carbocycles. The molecule has 0 fully saturated rings. The summed E-state index contributed by atoms with van der Waals surface area (Å²) in [5.74, 6) is 0. The summed E-state index contributed by atoms with van der Waals surface area (Å²) in [6.07, 6.45) is -0.738. The van der Waals surface area contributed by atoms with E-state index in [1.54, 1.807) is 23.1 Å². The number of hydrogen-bond acceptors (Lipinski definition) is 4. The van der Waals surface area contributed by atoms with Crippen LogP contribution in [-0.2, 0) is 0 Å². The molecule has 1 aromatic rings. The van der Waals surface area contributed by atoms with Crippen molar-refractivity contribution in [3.8, 4) is 0 Å². The van der Waals surface area contributed by atoms with Crippen molar-refractivity contribution in [1.82, 2.24) is 4.90 Å². The minimum atomic E-state index is -0.738. The highest BCUT2D eigenvalue weighted by Crippen LogP contribution is 2.25. The van der Waals surface area contributed by atoms with E-state index in [4.69, 9.17) is 33.4 Å². The summed E-state index contributed by atoms with van der Waals surface area (Å²) < 4.78 is 0. The minimum absolute atomic E-state index is 0.0197. The molecule has 0 aliphatic heterocycles. The van der Waals surface area contributed by atoms with Gasteiger partial charge in [0.1, 0.15) is 0 Å². The normalized spacial score (nSPS) is 13.0. The van der Waals surface area contributed by atoms with Gasteiger partial charge in [0.25, 0.3) is 0 Å². The van der Waals surface area contributed by atoms with Crippen LogP contribution >= 0.6 is 23.2 Å². The van der Waals surface area contributed by atoms with E-state index in [0.717, 1.165) is 0 Å².